The molecule has 0 saturated carbocycles. The first-order chi connectivity index (χ1) is 11.5. The van der Waals surface area contributed by atoms with E-state index in [9.17, 15) is 9.59 Å². The van der Waals surface area contributed by atoms with Gasteiger partial charge in [-0.15, -0.1) is 0 Å². The molecular weight excluding hydrogens is 310 g/mol. The lowest BCUT2D eigenvalue weighted by Crippen LogP contribution is -2.62. The number of carbonyl (C=O) groups excluding carboxylic acids is 2. The van der Waals surface area contributed by atoms with E-state index in [4.69, 9.17) is 4.52 Å². The molecule has 2 fully saturated rings. The number of aryl methyl sites for hydroxylation is 1. The monoisotopic (exact) mass is 335 g/mol. The molecule has 0 bridgehead atoms. The molecule has 8 nitrogen and oxygen atoms in total. The van der Waals surface area contributed by atoms with Crippen LogP contribution >= 0.6 is 0 Å². The van der Waals surface area contributed by atoms with Gasteiger partial charge in [-0.2, -0.15) is 0 Å². The Hall–Kier alpha value is -2.09. The summed E-state index contributed by atoms with van der Waals surface area (Å²) in [6.45, 7) is 4.93. The van der Waals surface area contributed by atoms with Gasteiger partial charge in [-0.05, 0) is 33.2 Å². The number of hydrogen-bond donors (Lipinski definition) is 2. The predicted octanol–water partition coefficient (Wildman–Crippen LogP) is 0.479. The van der Waals surface area contributed by atoms with Gasteiger partial charge in [-0.1, -0.05) is 5.16 Å². The first kappa shape index (κ1) is 16.8. The number of rotatable bonds is 2. The molecule has 2 N–H and O–H groups in total. The molecule has 1 aromatic rings. The summed E-state index contributed by atoms with van der Waals surface area (Å²) in [5.74, 6) is 0.821. The van der Waals surface area contributed by atoms with Crippen molar-refractivity contribution in [1.29, 1.82) is 0 Å². The topological polar surface area (TPSA) is 90.7 Å². The molecule has 3 heterocycles. The predicted molar refractivity (Wildman–Crippen MR) is 87.3 cm³/mol. The van der Waals surface area contributed by atoms with Crippen LogP contribution in [0.1, 0.15) is 30.7 Å². The molecule has 2 aliphatic rings. The van der Waals surface area contributed by atoms with Crippen molar-refractivity contribution >= 4 is 11.9 Å². The Balaban J connectivity index is 1.55. The number of likely N-dealkylation sites (tertiary alicyclic amines) is 1. The minimum atomic E-state index is -0.476. The lowest BCUT2D eigenvalue weighted by atomic mass is 9.85. The van der Waals surface area contributed by atoms with E-state index in [2.05, 4.69) is 20.7 Å². The first-order valence-electron chi connectivity index (χ1n) is 8.46. The highest BCUT2D eigenvalue weighted by atomic mass is 16.5. The number of carbonyl (C=O) groups is 2. The third kappa shape index (κ3) is 3.24. The number of urea groups is 1. The Labute approximate surface area is 141 Å². The third-order valence-corrected chi connectivity index (χ3v) is 5.08. The van der Waals surface area contributed by atoms with Gasteiger partial charge >= 0.3 is 6.03 Å². The Kier molecular flexibility index (Phi) is 4.75. The molecule has 1 aromatic heterocycles. The number of amides is 3. The maximum atomic E-state index is 12.5. The van der Waals surface area contributed by atoms with Crippen LogP contribution in [0.4, 0.5) is 4.79 Å². The van der Waals surface area contributed by atoms with E-state index < -0.39 is 5.54 Å². The number of hydrogen-bond acceptors (Lipinski definition) is 5. The molecule has 0 aliphatic carbocycles. The molecule has 3 rings (SSSR count). The highest BCUT2D eigenvalue weighted by molar-refractivity contribution is 5.87. The number of piperidine rings is 1. The van der Waals surface area contributed by atoms with Gasteiger partial charge in [-0.25, -0.2) is 4.79 Å². The molecule has 0 unspecified atom stereocenters. The summed E-state index contributed by atoms with van der Waals surface area (Å²) >= 11 is 0. The largest absolute Gasteiger partial charge is 0.361 e. The molecule has 3 amide bonds. The van der Waals surface area contributed by atoms with Crippen LogP contribution in [0.2, 0.25) is 0 Å². The Morgan fingerprint density at radius 3 is 2.83 bits per heavy atom. The van der Waals surface area contributed by atoms with E-state index in [1.165, 1.54) is 0 Å². The lowest BCUT2D eigenvalue weighted by Gasteiger charge is -2.44. The van der Waals surface area contributed by atoms with Crippen LogP contribution in [0.5, 0.6) is 0 Å². The quantitative estimate of drug-likeness (QED) is 0.820. The van der Waals surface area contributed by atoms with Crippen molar-refractivity contribution in [1.82, 2.24) is 25.6 Å². The number of nitrogens with one attached hydrogen (secondary N) is 2. The summed E-state index contributed by atoms with van der Waals surface area (Å²) in [4.78, 5) is 28.7. The fourth-order valence-electron chi connectivity index (χ4n) is 3.54. The standard InChI is InChI=1S/C16H25N5O3/c1-12-10-13(19-24-12)11-18-15(23)21-8-4-16(5-9-21)14(22)17-6-3-7-20(16)2/h10H,3-9,11H2,1-2H3,(H,17,22)(H,18,23). The zero-order valence-electron chi connectivity index (χ0n) is 14.3. The molecule has 0 radical (unpaired) electrons. The maximum Gasteiger partial charge on any atom is 0.317 e. The molecule has 132 valence electrons. The third-order valence-electron chi connectivity index (χ3n) is 5.08. The van der Waals surface area contributed by atoms with Crippen LogP contribution < -0.4 is 10.6 Å². The van der Waals surface area contributed by atoms with E-state index in [0.717, 1.165) is 25.3 Å². The summed E-state index contributed by atoms with van der Waals surface area (Å²) in [5.41, 5.74) is 0.230. The molecule has 0 atom stereocenters. The van der Waals surface area contributed by atoms with E-state index in [1.54, 1.807) is 11.0 Å². The summed E-state index contributed by atoms with van der Waals surface area (Å²) in [5, 5.41) is 9.73. The van der Waals surface area contributed by atoms with E-state index in [-0.39, 0.29) is 11.9 Å². The minimum absolute atomic E-state index is 0.0978. The minimum Gasteiger partial charge on any atom is -0.361 e. The van der Waals surface area contributed by atoms with E-state index in [1.807, 2.05) is 14.0 Å². The van der Waals surface area contributed by atoms with Crippen LogP contribution in [0.15, 0.2) is 10.6 Å². The van der Waals surface area contributed by atoms with Gasteiger partial charge in [0, 0.05) is 32.2 Å². The second kappa shape index (κ2) is 6.80. The Morgan fingerprint density at radius 2 is 2.17 bits per heavy atom. The fraction of sp³-hybridized carbons (Fsp3) is 0.688. The Bertz CT molecular complexity index is 607. The van der Waals surface area contributed by atoms with Crippen molar-refractivity contribution in [3.05, 3.63) is 17.5 Å². The molecule has 0 aromatic carbocycles. The van der Waals surface area contributed by atoms with Gasteiger partial charge < -0.3 is 20.1 Å². The molecule has 1 spiro atoms. The van der Waals surface area contributed by atoms with E-state index >= 15 is 0 Å². The zero-order chi connectivity index (χ0) is 17.2. The fourth-order valence-corrected chi connectivity index (χ4v) is 3.54. The highest BCUT2D eigenvalue weighted by Crippen LogP contribution is 2.29. The first-order valence-corrected chi connectivity index (χ1v) is 8.46. The van der Waals surface area contributed by atoms with Gasteiger partial charge in [-0.3, -0.25) is 9.69 Å². The lowest BCUT2D eigenvalue weighted by molar-refractivity contribution is -0.134. The van der Waals surface area contributed by atoms with Crippen LogP contribution in [-0.2, 0) is 11.3 Å². The second-order valence-corrected chi connectivity index (χ2v) is 6.64. The summed E-state index contributed by atoms with van der Waals surface area (Å²) in [6.07, 6.45) is 2.28. The van der Waals surface area contributed by atoms with E-state index in [0.29, 0.717) is 38.2 Å². The van der Waals surface area contributed by atoms with Crippen molar-refractivity contribution in [2.75, 3.05) is 33.2 Å². The van der Waals surface area contributed by atoms with Crippen molar-refractivity contribution < 1.29 is 14.1 Å². The van der Waals surface area contributed by atoms with Gasteiger partial charge in [0.2, 0.25) is 5.91 Å². The molecule has 24 heavy (non-hydrogen) atoms. The SMILES string of the molecule is Cc1cc(CNC(=O)N2CCC3(CC2)C(=O)NCCCN3C)no1. The smallest absolute Gasteiger partial charge is 0.317 e. The Morgan fingerprint density at radius 1 is 1.42 bits per heavy atom. The highest BCUT2D eigenvalue weighted by Gasteiger charge is 2.46. The van der Waals surface area contributed by atoms with Crippen LogP contribution in [0, 0.1) is 6.92 Å². The number of aromatic nitrogens is 1. The molecule has 2 aliphatic heterocycles. The van der Waals surface area contributed by atoms with Crippen molar-refractivity contribution in [2.24, 2.45) is 0 Å². The summed E-state index contributed by atoms with van der Waals surface area (Å²) in [6, 6.07) is 1.68. The van der Waals surface area contributed by atoms with Crippen molar-refractivity contribution in [2.45, 2.75) is 38.3 Å². The number of likely N-dealkylation sites (N-methyl/N-ethyl adjacent to an activating group) is 1. The van der Waals surface area contributed by atoms with Gasteiger partial charge in [0.15, 0.2) is 0 Å². The molecule has 2 saturated heterocycles. The average Bonchev–Trinajstić information content (AvgIpc) is 2.96. The van der Waals surface area contributed by atoms with Gasteiger partial charge in [0.1, 0.15) is 17.0 Å². The van der Waals surface area contributed by atoms with Gasteiger partial charge in [0.05, 0.1) is 6.54 Å². The number of nitrogens with zero attached hydrogens (tertiary/aromatic N) is 3. The maximum absolute atomic E-state index is 12.5. The summed E-state index contributed by atoms with van der Waals surface area (Å²) in [7, 11) is 2.01. The average molecular weight is 335 g/mol. The van der Waals surface area contributed by atoms with Crippen LogP contribution in [0.25, 0.3) is 0 Å². The zero-order valence-corrected chi connectivity index (χ0v) is 14.3. The summed E-state index contributed by atoms with van der Waals surface area (Å²) < 4.78 is 4.99. The van der Waals surface area contributed by atoms with Crippen LogP contribution in [-0.4, -0.2) is 65.7 Å². The second-order valence-electron chi connectivity index (χ2n) is 6.64. The van der Waals surface area contributed by atoms with Crippen molar-refractivity contribution in [3.8, 4) is 0 Å². The van der Waals surface area contributed by atoms with Gasteiger partial charge in [0.25, 0.3) is 0 Å². The molecule has 8 heteroatoms. The van der Waals surface area contributed by atoms with Crippen LogP contribution in [0.3, 0.4) is 0 Å². The molecular formula is C16H25N5O3. The van der Waals surface area contributed by atoms with Crippen molar-refractivity contribution in [3.63, 3.8) is 0 Å². The normalized spacial score (nSPS) is 21.4.